The Kier molecular flexibility index (Phi) is 6.34. The van der Waals surface area contributed by atoms with Crippen molar-refractivity contribution < 1.29 is 28.1 Å². The van der Waals surface area contributed by atoms with E-state index in [1.54, 1.807) is 0 Å². The Morgan fingerprint density at radius 3 is 2.47 bits per heavy atom. The second kappa shape index (κ2) is 6.95. The van der Waals surface area contributed by atoms with Crippen molar-refractivity contribution in [3.05, 3.63) is 18.7 Å². The molecule has 1 N–H and O–H groups in total. The number of nitrogens with zero attached hydrogens (tertiary/aromatic N) is 3. The zero-order valence-electron chi connectivity index (χ0n) is 9.38. The van der Waals surface area contributed by atoms with Crippen LogP contribution < -0.4 is 9.59 Å². The molecule has 0 amide bonds. The van der Waals surface area contributed by atoms with Crippen LogP contribution in [0.1, 0.15) is 6.92 Å². The van der Waals surface area contributed by atoms with Gasteiger partial charge < -0.3 is 14.7 Å². The average molecular weight is 247 g/mol. The van der Waals surface area contributed by atoms with E-state index in [-0.39, 0.29) is 0 Å². The SMILES string of the molecule is CCn1cc[n+](C)c1.N#CC(F)(F)OB([O-])O. The van der Waals surface area contributed by atoms with Crippen molar-refractivity contribution in [3.8, 4) is 6.07 Å². The van der Waals surface area contributed by atoms with Gasteiger partial charge in [0.05, 0.1) is 13.6 Å². The molecule has 0 atom stereocenters. The van der Waals surface area contributed by atoms with E-state index in [9.17, 15) is 13.8 Å². The van der Waals surface area contributed by atoms with E-state index >= 15 is 0 Å². The van der Waals surface area contributed by atoms with E-state index in [1.165, 1.54) is 0 Å². The van der Waals surface area contributed by atoms with Crippen molar-refractivity contribution in [1.82, 2.24) is 4.57 Å². The number of hydrogen-bond donors (Lipinski definition) is 1. The lowest BCUT2D eigenvalue weighted by Crippen LogP contribution is -2.40. The molecule has 1 aromatic rings. The normalized spacial score (nSPS) is 10.2. The second-order valence-electron chi connectivity index (χ2n) is 2.96. The number of nitriles is 1. The highest BCUT2D eigenvalue weighted by molar-refractivity contribution is 6.30. The van der Waals surface area contributed by atoms with Crippen LogP contribution in [0.25, 0.3) is 0 Å². The van der Waals surface area contributed by atoms with E-state index in [1.807, 2.05) is 17.8 Å². The number of alkyl halides is 2. The van der Waals surface area contributed by atoms with Crippen LogP contribution in [0.4, 0.5) is 8.78 Å². The first kappa shape index (κ1) is 15.5. The van der Waals surface area contributed by atoms with Crippen molar-refractivity contribution in [2.45, 2.75) is 19.6 Å². The van der Waals surface area contributed by atoms with Gasteiger partial charge in [0.25, 0.3) is 0 Å². The third-order valence-corrected chi connectivity index (χ3v) is 1.57. The molecule has 1 rings (SSSR count). The van der Waals surface area contributed by atoms with Crippen LogP contribution in [0.3, 0.4) is 0 Å². The Balaban J connectivity index is 0.000000302. The van der Waals surface area contributed by atoms with Gasteiger partial charge in [0.1, 0.15) is 12.4 Å². The average Bonchev–Trinajstić information content (AvgIpc) is 2.63. The van der Waals surface area contributed by atoms with Gasteiger partial charge in [-0.2, -0.15) is 14.0 Å². The number of imidazole rings is 1. The molecule has 0 spiro atoms. The van der Waals surface area contributed by atoms with Gasteiger partial charge in [-0.3, -0.25) is 0 Å². The Hall–Kier alpha value is -1.50. The summed E-state index contributed by atoms with van der Waals surface area (Å²) in [5.41, 5.74) is 0. The van der Waals surface area contributed by atoms with Crippen LogP contribution >= 0.6 is 0 Å². The summed E-state index contributed by atoms with van der Waals surface area (Å²) in [5, 5.41) is 24.5. The molecule has 0 saturated carbocycles. The fraction of sp³-hybridized carbons (Fsp3) is 0.500. The Labute approximate surface area is 97.5 Å². The summed E-state index contributed by atoms with van der Waals surface area (Å²) in [6, 6.07) is 0.357. The molecule has 1 aromatic heterocycles. The predicted molar refractivity (Wildman–Crippen MR) is 50.9 cm³/mol. The van der Waals surface area contributed by atoms with Gasteiger partial charge in [-0.25, -0.2) is 9.13 Å². The molecule has 0 aromatic carbocycles. The maximum atomic E-state index is 11.5. The Morgan fingerprint density at radius 2 is 2.29 bits per heavy atom. The van der Waals surface area contributed by atoms with Crippen molar-refractivity contribution in [2.75, 3.05) is 0 Å². The van der Waals surface area contributed by atoms with Gasteiger partial charge in [-0.15, -0.1) is 0 Å². The summed E-state index contributed by atoms with van der Waals surface area (Å²) >= 11 is 0. The lowest BCUT2D eigenvalue weighted by atomic mass is 10.3. The molecule has 1 heterocycles. The third-order valence-electron chi connectivity index (χ3n) is 1.57. The first-order valence-electron chi connectivity index (χ1n) is 4.62. The fourth-order valence-electron chi connectivity index (χ4n) is 0.842. The lowest BCUT2D eigenvalue weighted by Gasteiger charge is -2.14. The molecule has 0 aliphatic carbocycles. The van der Waals surface area contributed by atoms with Crippen molar-refractivity contribution in [3.63, 3.8) is 0 Å². The van der Waals surface area contributed by atoms with Crippen LogP contribution in [0, 0.1) is 11.3 Å². The monoisotopic (exact) mass is 247 g/mol. The minimum absolute atomic E-state index is 0.357. The van der Waals surface area contributed by atoms with Gasteiger partial charge in [-0.05, 0) is 6.92 Å². The second-order valence-corrected chi connectivity index (χ2v) is 2.96. The molecule has 0 radical (unpaired) electrons. The predicted octanol–water partition coefficient (Wildman–Crippen LogP) is -1.21. The van der Waals surface area contributed by atoms with Gasteiger partial charge in [0.2, 0.25) is 6.33 Å². The minimum atomic E-state index is -4.19. The van der Waals surface area contributed by atoms with E-state index < -0.39 is 13.4 Å². The summed E-state index contributed by atoms with van der Waals surface area (Å²) in [6.07, 6.45) is 1.95. The Morgan fingerprint density at radius 1 is 1.71 bits per heavy atom. The maximum Gasteiger partial charge on any atom is 0.435 e. The number of rotatable bonds is 3. The van der Waals surface area contributed by atoms with E-state index in [0.717, 1.165) is 6.54 Å². The maximum absolute atomic E-state index is 11.5. The van der Waals surface area contributed by atoms with Crippen LogP contribution in [0.2, 0.25) is 0 Å². The van der Waals surface area contributed by atoms with Gasteiger partial charge >= 0.3 is 13.4 Å². The van der Waals surface area contributed by atoms with Crippen LogP contribution in [0.5, 0.6) is 0 Å². The minimum Gasteiger partial charge on any atom is -0.832 e. The third kappa shape index (κ3) is 7.40. The number of aromatic nitrogens is 2. The molecule has 94 valence electrons. The topological polar surface area (TPSA) is 85.1 Å². The number of halogens is 2. The molecule has 0 aliphatic heterocycles. The Bertz CT molecular complexity index is 378. The standard InChI is InChI=1S/C6H11N2.C2HBF2NO3/c1-3-8-5-4-7(2)6-8;4-2(5,1-6)9-3(7)8/h4-6H,3H2,1-2H3;7H/q+1;-1. The first-order valence-corrected chi connectivity index (χ1v) is 4.62. The number of hydrogen-bond acceptors (Lipinski definition) is 4. The molecule has 0 aliphatic rings. The molecule has 0 unspecified atom stereocenters. The zero-order valence-corrected chi connectivity index (χ0v) is 9.38. The fourth-order valence-corrected chi connectivity index (χ4v) is 0.842. The van der Waals surface area contributed by atoms with Gasteiger partial charge in [-0.1, -0.05) is 0 Å². The van der Waals surface area contributed by atoms with Gasteiger partial charge in [0, 0.05) is 0 Å². The van der Waals surface area contributed by atoms with Crippen molar-refractivity contribution in [1.29, 1.82) is 5.26 Å². The van der Waals surface area contributed by atoms with E-state index in [2.05, 4.69) is 28.7 Å². The molecular formula is C8H12BF2N3O3. The highest BCUT2D eigenvalue weighted by Gasteiger charge is 2.30. The highest BCUT2D eigenvalue weighted by Crippen LogP contribution is 2.11. The summed E-state index contributed by atoms with van der Waals surface area (Å²) < 4.78 is 30.0. The summed E-state index contributed by atoms with van der Waals surface area (Å²) in [5.74, 6) is 0. The van der Waals surface area contributed by atoms with Gasteiger partial charge in [0.15, 0.2) is 6.07 Å². The molecule has 0 bridgehead atoms. The lowest BCUT2D eigenvalue weighted by molar-refractivity contribution is -0.671. The van der Waals surface area contributed by atoms with E-state index in [0.29, 0.717) is 6.07 Å². The molecule has 6 nitrogen and oxygen atoms in total. The molecule has 9 heteroatoms. The molecule has 0 fully saturated rings. The van der Waals surface area contributed by atoms with E-state index in [4.69, 9.17) is 10.3 Å². The highest BCUT2D eigenvalue weighted by atomic mass is 19.3. The smallest absolute Gasteiger partial charge is 0.435 e. The summed E-state index contributed by atoms with van der Waals surface area (Å²) in [7, 11) is -0.855. The summed E-state index contributed by atoms with van der Waals surface area (Å²) in [4.78, 5) is 0. The van der Waals surface area contributed by atoms with Crippen LogP contribution in [-0.4, -0.2) is 23.0 Å². The number of aryl methyl sites for hydroxylation is 2. The van der Waals surface area contributed by atoms with Crippen LogP contribution in [-0.2, 0) is 18.2 Å². The van der Waals surface area contributed by atoms with Crippen molar-refractivity contribution in [2.24, 2.45) is 7.05 Å². The van der Waals surface area contributed by atoms with Crippen molar-refractivity contribution >= 4 is 7.32 Å². The zero-order chi connectivity index (χ0) is 13.5. The molecule has 17 heavy (non-hydrogen) atoms. The quantitative estimate of drug-likeness (QED) is 0.536. The largest absolute Gasteiger partial charge is 0.832 e. The molecular weight excluding hydrogens is 235 g/mol. The first-order chi connectivity index (χ1) is 7.80. The van der Waals surface area contributed by atoms with Crippen LogP contribution in [0.15, 0.2) is 18.7 Å². The molecule has 0 saturated heterocycles. The summed E-state index contributed by atoms with van der Waals surface area (Å²) in [6.45, 7) is 3.18.